The zero-order valence-corrected chi connectivity index (χ0v) is 22.3. The summed E-state index contributed by atoms with van der Waals surface area (Å²) in [6.45, 7) is 9.11. The van der Waals surface area contributed by atoms with Crippen molar-refractivity contribution in [1.82, 2.24) is 9.80 Å². The van der Waals surface area contributed by atoms with E-state index in [4.69, 9.17) is 10.5 Å². The van der Waals surface area contributed by atoms with Crippen molar-refractivity contribution in [2.75, 3.05) is 94.4 Å². The van der Waals surface area contributed by atoms with Crippen molar-refractivity contribution in [3.63, 3.8) is 0 Å². The van der Waals surface area contributed by atoms with Crippen molar-refractivity contribution in [1.29, 1.82) is 0 Å². The Morgan fingerprint density at radius 2 is 1.32 bits per heavy atom. The molecule has 2 aliphatic rings. The van der Waals surface area contributed by atoms with Crippen LogP contribution in [0.4, 0.5) is 35.9 Å². The van der Waals surface area contributed by atoms with Crippen molar-refractivity contribution in [2.45, 2.75) is 13.3 Å². The number of rotatable bonds is 5. The number of carbonyl (C=O) groups is 1. The number of anilines is 4. The number of nitrogens with one attached hydrogen (secondary N) is 1. The number of hydrogen-bond acceptors (Lipinski definition) is 8. The van der Waals surface area contributed by atoms with Crippen LogP contribution in [0.2, 0.25) is 0 Å². The Morgan fingerprint density at radius 1 is 0.842 bits per heavy atom. The van der Waals surface area contributed by atoms with Crippen LogP contribution >= 0.6 is 0 Å². The summed E-state index contributed by atoms with van der Waals surface area (Å²) in [6.07, 6.45) is -4.72. The second-order valence-electron chi connectivity index (χ2n) is 9.42. The van der Waals surface area contributed by atoms with E-state index in [9.17, 15) is 18.0 Å². The van der Waals surface area contributed by atoms with Gasteiger partial charge in [0.05, 0.1) is 18.5 Å². The van der Waals surface area contributed by atoms with Crippen LogP contribution in [-0.2, 0) is 4.79 Å². The lowest BCUT2D eigenvalue weighted by atomic mass is 10.2. The number of nitrogen functional groups attached to an aromatic ring is 1. The first-order chi connectivity index (χ1) is 17.9. The van der Waals surface area contributed by atoms with E-state index in [1.54, 1.807) is 13.2 Å². The molecule has 0 saturated carbocycles. The minimum absolute atomic E-state index is 0.00578. The number of alkyl halides is 3. The number of methoxy groups -OCH3 is 1. The summed E-state index contributed by atoms with van der Waals surface area (Å²) in [4.78, 5) is 20.1. The lowest BCUT2D eigenvalue weighted by molar-refractivity contribution is -0.274. The first kappa shape index (κ1) is 29.2. The molecule has 0 bridgehead atoms. The Kier molecular flexibility index (Phi) is 9.92. The molecule has 2 saturated heterocycles. The number of amides is 1. The SMILES string of the molecule is CN1CCN(c2ccc(OC(F)(F)F)c(N)c2)CC1.COc1ccc(N2CCN(C)CC2)cc1NC(C)=O. The van der Waals surface area contributed by atoms with E-state index >= 15 is 0 Å². The van der Waals surface area contributed by atoms with Gasteiger partial charge in [-0.3, -0.25) is 4.79 Å². The fraction of sp³-hybridized carbons (Fsp3) is 0.500. The number of halogens is 3. The quantitative estimate of drug-likeness (QED) is 0.561. The summed E-state index contributed by atoms with van der Waals surface area (Å²) in [5.41, 5.74) is 8.27. The molecule has 1 amide bonds. The van der Waals surface area contributed by atoms with Gasteiger partial charge in [0.1, 0.15) is 5.75 Å². The third-order valence-corrected chi connectivity index (χ3v) is 6.45. The van der Waals surface area contributed by atoms with Crippen LogP contribution in [0.3, 0.4) is 0 Å². The van der Waals surface area contributed by atoms with E-state index < -0.39 is 6.36 Å². The topological polar surface area (TPSA) is 86.5 Å². The molecule has 38 heavy (non-hydrogen) atoms. The van der Waals surface area contributed by atoms with Gasteiger partial charge in [-0.05, 0) is 50.5 Å². The fourth-order valence-electron chi connectivity index (χ4n) is 4.26. The van der Waals surface area contributed by atoms with E-state index in [1.807, 2.05) is 25.2 Å². The number of nitrogens with two attached hydrogens (primary N) is 1. The van der Waals surface area contributed by atoms with Crippen LogP contribution in [0.15, 0.2) is 36.4 Å². The second-order valence-corrected chi connectivity index (χ2v) is 9.42. The van der Waals surface area contributed by atoms with Gasteiger partial charge in [-0.15, -0.1) is 13.2 Å². The lowest BCUT2D eigenvalue weighted by Crippen LogP contribution is -2.44. The second kappa shape index (κ2) is 12.9. The van der Waals surface area contributed by atoms with Gasteiger partial charge in [0.15, 0.2) is 5.75 Å². The minimum atomic E-state index is -4.72. The normalized spacial score (nSPS) is 16.9. The monoisotopic (exact) mass is 538 g/mol. The largest absolute Gasteiger partial charge is 0.573 e. The Morgan fingerprint density at radius 3 is 1.74 bits per heavy atom. The molecule has 0 unspecified atom stereocenters. The molecule has 4 rings (SSSR count). The van der Waals surface area contributed by atoms with E-state index in [-0.39, 0.29) is 17.3 Å². The number of hydrogen-bond donors (Lipinski definition) is 2. The van der Waals surface area contributed by atoms with E-state index in [1.165, 1.54) is 19.1 Å². The highest BCUT2D eigenvalue weighted by molar-refractivity contribution is 5.91. The van der Waals surface area contributed by atoms with Gasteiger partial charge < -0.3 is 40.1 Å². The average Bonchev–Trinajstić information content (AvgIpc) is 2.85. The molecular weight excluding hydrogens is 501 g/mol. The number of benzene rings is 2. The van der Waals surface area contributed by atoms with Gasteiger partial charge in [0, 0.05) is 70.7 Å². The van der Waals surface area contributed by atoms with Crippen LogP contribution in [0.1, 0.15) is 6.92 Å². The summed E-state index contributed by atoms with van der Waals surface area (Å²) in [5.74, 6) is 0.243. The van der Waals surface area contributed by atoms with Gasteiger partial charge in [0.2, 0.25) is 5.91 Å². The molecule has 0 spiro atoms. The van der Waals surface area contributed by atoms with Gasteiger partial charge in [-0.2, -0.15) is 0 Å². The van der Waals surface area contributed by atoms with Crippen molar-refractivity contribution >= 4 is 28.7 Å². The summed E-state index contributed by atoms with van der Waals surface area (Å²) in [6, 6.07) is 10.3. The Hall–Kier alpha value is -3.38. The predicted molar refractivity (Wildman–Crippen MR) is 144 cm³/mol. The maximum Gasteiger partial charge on any atom is 0.573 e. The third-order valence-electron chi connectivity index (χ3n) is 6.45. The molecule has 0 aromatic heterocycles. The number of nitrogens with zero attached hydrogens (tertiary/aromatic N) is 4. The Bertz CT molecular complexity index is 1070. The van der Waals surface area contributed by atoms with Crippen LogP contribution < -0.4 is 30.3 Å². The number of likely N-dealkylation sites (N-methyl/N-ethyl adjacent to an activating group) is 2. The maximum absolute atomic E-state index is 12.1. The molecule has 2 heterocycles. The zero-order chi connectivity index (χ0) is 27.9. The summed E-state index contributed by atoms with van der Waals surface area (Å²) >= 11 is 0. The van der Waals surface area contributed by atoms with E-state index in [0.717, 1.165) is 69.4 Å². The van der Waals surface area contributed by atoms with Crippen LogP contribution in [0, 0.1) is 0 Å². The van der Waals surface area contributed by atoms with Crippen LogP contribution in [0.5, 0.6) is 11.5 Å². The lowest BCUT2D eigenvalue weighted by Gasteiger charge is -2.34. The maximum atomic E-state index is 12.1. The van der Waals surface area contributed by atoms with Gasteiger partial charge in [-0.1, -0.05) is 0 Å². The molecule has 2 aliphatic heterocycles. The van der Waals surface area contributed by atoms with Gasteiger partial charge in [0.25, 0.3) is 0 Å². The first-order valence-corrected chi connectivity index (χ1v) is 12.4. The van der Waals surface area contributed by atoms with Gasteiger partial charge in [-0.25, -0.2) is 0 Å². The van der Waals surface area contributed by atoms with Gasteiger partial charge >= 0.3 is 6.36 Å². The predicted octanol–water partition coefficient (Wildman–Crippen LogP) is 3.32. The smallest absolute Gasteiger partial charge is 0.495 e. The number of ether oxygens (including phenoxy) is 2. The molecule has 2 aromatic rings. The Balaban J connectivity index is 0.000000211. The molecule has 2 fully saturated rings. The van der Waals surface area contributed by atoms with Crippen molar-refractivity contribution in [2.24, 2.45) is 0 Å². The van der Waals surface area contributed by atoms with E-state index in [0.29, 0.717) is 5.75 Å². The highest BCUT2D eigenvalue weighted by atomic mass is 19.4. The molecule has 2 aromatic carbocycles. The van der Waals surface area contributed by atoms with Crippen molar-refractivity contribution < 1.29 is 27.4 Å². The summed E-state index contributed by atoms with van der Waals surface area (Å²) in [7, 11) is 5.77. The zero-order valence-electron chi connectivity index (χ0n) is 22.3. The Labute approximate surface area is 221 Å². The molecule has 3 N–H and O–H groups in total. The summed E-state index contributed by atoms with van der Waals surface area (Å²) in [5, 5.41) is 2.81. The molecule has 210 valence electrons. The number of carbonyl (C=O) groups excluding carboxylic acids is 1. The molecular formula is C26H37F3N6O3. The fourth-order valence-corrected chi connectivity index (χ4v) is 4.26. The highest BCUT2D eigenvalue weighted by Crippen LogP contribution is 2.32. The molecule has 0 atom stereocenters. The molecule has 0 aliphatic carbocycles. The first-order valence-electron chi connectivity index (χ1n) is 12.4. The van der Waals surface area contributed by atoms with Crippen molar-refractivity contribution in [3.8, 4) is 11.5 Å². The summed E-state index contributed by atoms with van der Waals surface area (Å²) < 4.78 is 45.5. The molecule has 0 radical (unpaired) electrons. The molecule has 9 nitrogen and oxygen atoms in total. The standard InChI is InChI=1S/C14H21N3O2.C12H16F3N3O/c1-11(18)15-13-10-12(4-5-14(13)19-3)17-8-6-16(2)7-9-17;1-17-4-6-18(7-5-17)9-2-3-11(10(16)8-9)19-12(13,14)15/h4-5,10H,6-9H2,1-3H3,(H,15,18);2-3,8H,4-7,16H2,1H3. The highest BCUT2D eigenvalue weighted by Gasteiger charge is 2.32. The van der Waals surface area contributed by atoms with Crippen LogP contribution in [0.25, 0.3) is 0 Å². The molecule has 12 heteroatoms. The van der Waals surface area contributed by atoms with Crippen molar-refractivity contribution in [3.05, 3.63) is 36.4 Å². The number of piperazine rings is 2. The third kappa shape index (κ3) is 8.59. The van der Waals surface area contributed by atoms with E-state index in [2.05, 4.69) is 36.7 Å². The minimum Gasteiger partial charge on any atom is -0.495 e. The van der Waals surface area contributed by atoms with Crippen LogP contribution in [-0.4, -0.2) is 95.6 Å². The average molecular weight is 539 g/mol.